The van der Waals surface area contributed by atoms with Crippen molar-refractivity contribution in [2.45, 2.75) is 18.8 Å². The molecule has 1 aromatic heterocycles. The number of nitrogens with zero attached hydrogens (tertiary/aromatic N) is 1. The second-order valence-corrected chi connectivity index (χ2v) is 8.42. The number of aromatic nitrogens is 1. The van der Waals surface area contributed by atoms with Gasteiger partial charge in [0.1, 0.15) is 5.01 Å². The fraction of sp³-hybridized carbons (Fsp3) is 0.364. The van der Waals surface area contributed by atoms with Crippen LogP contribution in [0, 0.1) is 0 Å². The van der Waals surface area contributed by atoms with E-state index in [0.29, 0.717) is 29.6 Å². The number of methoxy groups -OCH3 is 2. The van der Waals surface area contributed by atoms with Gasteiger partial charge in [-0.1, -0.05) is 12.1 Å². The largest absolute Gasteiger partial charge is 0.493 e. The highest BCUT2D eigenvalue weighted by atomic mass is 32.1. The quantitative estimate of drug-likeness (QED) is 0.653. The third-order valence-corrected chi connectivity index (χ3v) is 6.55. The van der Waals surface area contributed by atoms with Crippen molar-refractivity contribution < 1.29 is 19.2 Å². The van der Waals surface area contributed by atoms with Crippen LogP contribution in [0.2, 0.25) is 0 Å². The third kappa shape index (κ3) is 4.52. The van der Waals surface area contributed by atoms with Gasteiger partial charge in [0, 0.05) is 11.8 Å². The smallest absolute Gasteiger partial charge is 0.279 e. The van der Waals surface area contributed by atoms with E-state index in [1.54, 1.807) is 37.7 Å². The van der Waals surface area contributed by atoms with E-state index in [4.69, 9.17) is 14.5 Å². The second kappa shape index (κ2) is 8.80. The van der Waals surface area contributed by atoms with Gasteiger partial charge >= 0.3 is 0 Å². The number of carbonyl (C=O) groups excluding carboxylic acids is 1. The van der Waals surface area contributed by atoms with Crippen molar-refractivity contribution in [1.82, 2.24) is 4.98 Å². The summed E-state index contributed by atoms with van der Waals surface area (Å²) in [5.74, 6) is 1.68. The molecule has 0 aliphatic carbocycles. The molecule has 0 spiro atoms. The summed E-state index contributed by atoms with van der Waals surface area (Å²) in [4.78, 5) is 18.7. The van der Waals surface area contributed by atoms with Gasteiger partial charge in [0.05, 0.1) is 43.4 Å². The molecule has 2 aromatic carbocycles. The number of anilines is 1. The summed E-state index contributed by atoms with van der Waals surface area (Å²) in [6.45, 7) is 2.41. The number of quaternary nitrogens is 1. The lowest BCUT2D eigenvalue weighted by Gasteiger charge is -2.28. The molecule has 2 atom stereocenters. The van der Waals surface area contributed by atoms with Crippen molar-refractivity contribution in [3.8, 4) is 11.5 Å². The number of hydrogen-bond donors (Lipinski definition) is 2. The molecule has 1 amide bonds. The number of likely N-dealkylation sites (tertiary alicyclic amines) is 1. The molecule has 7 heteroatoms. The molecule has 0 bridgehead atoms. The number of nitrogens with one attached hydrogen (secondary N) is 2. The maximum atomic E-state index is 12.6. The number of amides is 1. The zero-order valence-electron chi connectivity index (χ0n) is 16.7. The summed E-state index contributed by atoms with van der Waals surface area (Å²) in [5.41, 5.74) is 1.79. The first-order valence-electron chi connectivity index (χ1n) is 9.87. The average molecular weight is 413 g/mol. The van der Waals surface area contributed by atoms with E-state index in [0.717, 1.165) is 31.4 Å². The molecule has 1 unspecified atom stereocenters. The van der Waals surface area contributed by atoms with Gasteiger partial charge in [0.2, 0.25) is 0 Å². The number of rotatable bonds is 6. The van der Waals surface area contributed by atoms with E-state index < -0.39 is 0 Å². The Bertz CT molecular complexity index is 971. The average Bonchev–Trinajstić information content (AvgIpc) is 3.18. The zero-order chi connectivity index (χ0) is 20.2. The van der Waals surface area contributed by atoms with Crippen molar-refractivity contribution in [2.75, 3.05) is 39.2 Å². The lowest BCUT2D eigenvalue weighted by Crippen LogP contribution is -3.14. The van der Waals surface area contributed by atoms with Crippen LogP contribution in [0.15, 0.2) is 42.5 Å². The van der Waals surface area contributed by atoms with Crippen LogP contribution in [0.3, 0.4) is 0 Å². The van der Waals surface area contributed by atoms with Gasteiger partial charge in [0.25, 0.3) is 5.91 Å². The van der Waals surface area contributed by atoms with Gasteiger partial charge in [0.15, 0.2) is 18.0 Å². The maximum absolute atomic E-state index is 12.6. The molecule has 2 heterocycles. The fourth-order valence-corrected chi connectivity index (χ4v) is 5.04. The van der Waals surface area contributed by atoms with E-state index in [9.17, 15) is 4.79 Å². The monoisotopic (exact) mass is 412 g/mol. The first-order valence-corrected chi connectivity index (χ1v) is 10.7. The number of benzene rings is 2. The highest BCUT2D eigenvalue weighted by Crippen LogP contribution is 2.31. The first-order chi connectivity index (χ1) is 14.2. The van der Waals surface area contributed by atoms with E-state index in [2.05, 4.69) is 23.5 Å². The third-order valence-electron chi connectivity index (χ3n) is 5.36. The highest BCUT2D eigenvalue weighted by Gasteiger charge is 2.28. The number of carbonyl (C=O) groups is 1. The van der Waals surface area contributed by atoms with E-state index in [1.165, 1.54) is 14.6 Å². The molecule has 2 N–H and O–H groups in total. The Balaban J connectivity index is 1.38. The van der Waals surface area contributed by atoms with Crippen molar-refractivity contribution in [1.29, 1.82) is 0 Å². The molecule has 29 heavy (non-hydrogen) atoms. The summed E-state index contributed by atoms with van der Waals surface area (Å²) in [6, 6.07) is 13.7. The number of para-hydroxylation sites is 1. The fourth-order valence-electron chi connectivity index (χ4n) is 3.93. The second-order valence-electron chi connectivity index (χ2n) is 7.36. The van der Waals surface area contributed by atoms with Crippen LogP contribution >= 0.6 is 11.3 Å². The van der Waals surface area contributed by atoms with Crippen LogP contribution in [-0.4, -0.2) is 44.7 Å². The van der Waals surface area contributed by atoms with E-state index in [-0.39, 0.29) is 5.91 Å². The van der Waals surface area contributed by atoms with Crippen LogP contribution in [0.5, 0.6) is 11.5 Å². The first kappa shape index (κ1) is 19.7. The van der Waals surface area contributed by atoms with Crippen molar-refractivity contribution in [3.63, 3.8) is 0 Å². The Labute approximate surface area is 174 Å². The van der Waals surface area contributed by atoms with Gasteiger partial charge in [-0.3, -0.25) is 4.79 Å². The predicted octanol–water partition coefficient (Wildman–Crippen LogP) is 2.71. The van der Waals surface area contributed by atoms with Gasteiger partial charge in [-0.15, -0.1) is 11.3 Å². The predicted molar refractivity (Wildman–Crippen MR) is 115 cm³/mol. The summed E-state index contributed by atoms with van der Waals surface area (Å²) in [5, 5.41) is 4.18. The lowest BCUT2D eigenvalue weighted by atomic mass is 9.99. The summed E-state index contributed by atoms with van der Waals surface area (Å²) in [7, 11) is 3.18. The minimum Gasteiger partial charge on any atom is -0.493 e. The molecule has 1 aliphatic heterocycles. The van der Waals surface area contributed by atoms with Crippen molar-refractivity contribution in [2.24, 2.45) is 0 Å². The van der Waals surface area contributed by atoms with Crippen LogP contribution in [0.25, 0.3) is 10.2 Å². The molecule has 3 aromatic rings. The lowest BCUT2D eigenvalue weighted by molar-refractivity contribution is -0.898. The SMILES string of the molecule is COc1ccc(NC(=O)C[NH+]2CCC[C@H](c3nc4ccccc4s3)C2)cc1OC. The number of piperidine rings is 1. The molecule has 1 fully saturated rings. The summed E-state index contributed by atoms with van der Waals surface area (Å²) < 4.78 is 11.8. The zero-order valence-corrected chi connectivity index (χ0v) is 17.6. The summed E-state index contributed by atoms with van der Waals surface area (Å²) in [6.07, 6.45) is 2.25. The molecular weight excluding hydrogens is 386 g/mol. The number of thiazole rings is 1. The van der Waals surface area contributed by atoms with Crippen molar-refractivity contribution >= 4 is 33.1 Å². The Morgan fingerprint density at radius 3 is 2.83 bits per heavy atom. The number of hydrogen-bond acceptors (Lipinski definition) is 5. The van der Waals surface area contributed by atoms with E-state index >= 15 is 0 Å². The van der Waals surface area contributed by atoms with Gasteiger partial charge in [-0.05, 0) is 37.1 Å². The minimum absolute atomic E-state index is 0.0113. The molecule has 1 aliphatic rings. The minimum atomic E-state index is 0.0113. The molecule has 152 valence electrons. The molecule has 6 nitrogen and oxygen atoms in total. The maximum Gasteiger partial charge on any atom is 0.279 e. The number of ether oxygens (including phenoxy) is 2. The topological polar surface area (TPSA) is 64.9 Å². The molecule has 0 radical (unpaired) electrons. The van der Waals surface area contributed by atoms with Gasteiger partial charge in [-0.2, -0.15) is 0 Å². The molecule has 1 saturated heterocycles. The van der Waals surface area contributed by atoms with E-state index in [1.807, 2.05) is 12.1 Å². The highest BCUT2D eigenvalue weighted by molar-refractivity contribution is 7.18. The van der Waals surface area contributed by atoms with Gasteiger partial charge < -0.3 is 19.7 Å². The van der Waals surface area contributed by atoms with Crippen LogP contribution < -0.4 is 19.7 Å². The van der Waals surface area contributed by atoms with Crippen LogP contribution in [0.1, 0.15) is 23.8 Å². The molecule has 4 rings (SSSR count). The molecule has 0 saturated carbocycles. The standard InChI is InChI=1S/C22H25N3O3S/c1-27-18-10-9-16(12-19(18)28-2)23-21(26)14-25-11-5-6-15(13-25)22-24-17-7-3-4-8-20(17)29-22/h3-4,7-10,12,15H,5-6,11,13-14H2,1-2H3,(H,23,26)/p+1/t15-/m0/s1. The Morgan fingerprint density at radius 1 is 1.21 bits per heavy atom. The van der Waals surface area contributed by atoms with Crippen LogP contribution in [0.4, 0.5) is 5.69 Å². The van der Waals surface area contributed by atoms with Crippen LogP contribution in [-0.2, 0) is 4.79 Å². The number of fused-ring (bicyclic) bond motifs is 1. The van der Waals surface area contributed by atoms with Crippen molar-refractivity contribution in [3.05, 3.63) is 47.5 Å². The van der Waals surface area contributed by atoms with Gasteiger partial charge in [-0.25, -0.2) is 4.98 Å². The summed E-state index contributed by atoms with van der Waals surface area (Å²) >= 11 is 1.78. The Hall–Kier alpha value is -2.64. The Morgan fingerprint density at radius 2 is 2.03 bits per heavy atom. The Kier molecular flexibility index (Phi) is 5.97. The molecular formula is C22H26N3O3S+. The normalized spacial score (nSPS) is 19.1.